The Kier molecular flexibility index (Phi) is 2.68. The van der Waals surface area contributed by atoms with E-state index >= 15 is 0 Å². The third-order valence-electron chi connectivity index (χ3n) is 2.48. The molecule has 0 bridgehead atoms. The van der Waals surface area contributed by atoms with Crippen LogP contribution in [0.3, 0.4) is 0 Å². The molecule has 3 heteroatoms. The molecule has 0 amide bonds. The third kappa shape index (κ3) is 1.87. The van der Waals surface area contributed by atoms with Gasteiger partial charge in [0, 0.05) is 7.05 Å². The van der Waals surface area contributed by atoms with E-state index in [1.54, 1.807) is 7.05 Å². The highest BCUT2D eigenvalue weighted by Gasteiger charge is 2.11. The van der Waals surface area contributed by atoms with E-state index in [0.717, 1.165) is 5.75 Å². The van der Waals surface area contributed by atoms with Gasteiger partial charge in [-0.05, 0) is 54.7 Å². The van der Waals surface area contributed by atoms with Crippen LogP contribution in [0.4, 0.5) is 0 Å². The van der Waals surface area contributed by atoms with E-state index in [-0.39, 0.29) is 0 Å². The lowest BCUT2D eigenvalue weighted by Crippen LogP contribution is -2.21. The number of hydrogen-bond donors (Lipinski definition) is 1. The van der Waals surface area contributed by atoms with Gasteiger partial charge in [-0.1, -0.05) is 6.07 Å². The topological polar surface area (TPSA) is 21.3 Å². The predicted octanol–water partition coefficient (Wildman–Crippen LogP) is 2.06. The van der Waals surface area contributed by atoms with Gasteiger partial charge >= 0.3 is 0 Å². The van der Waals surface area contributed by atoms with Crippen LogP contribution in [0.2, 0.25) is 0 Å². The molecule has 0 atom stereocenters. The Morgan fingerprint density at radius 1 is 1.36 bits per heavy atom. The predicted molar refractivity (Wildman–Crippen MR) is 60.8 cm³/mol. The SMILES string of the molecule is CNC(=S)Oc1ccc2c(c1)CCC2. The van der Waals surface area contributed by atoms with Crippen molar-refractivity contribution in [1.82, 2.24) is 5.32 Å². The van der Waals surface area contributed by atoms with Crippen molar-refractivity contribution in [3.8, 4) is 5.75 Å². The van der Waals surface area contributed by atoms with E-state index in [9.17, 15) is 0 Å². The summed E-state index contributed by atoms with van der Waals surface area (Å²) in [6.07, 6.45) is 3.63. The number of aryl methyl sites for hydroxylation is 2. The maximum Gasteiger partial charge on any atom is 0.261 e. The molecule has 0 heterocycles. The van der Waals surface area contributed by atoms with Crippen LogP contribution < -0.4 is 10.1 Å². The molecule has 14 heavy (non-hydrogen) atoms. The molecule has 0 unspecified atom stereocenters. The van der Waals surface area contributed by atoms with Crippen LogP contribution in [-0.2, 0) is 12.8 Å². The van der Waals surface area contributed by atoms with Gasteiger partial charge in [0.05, 0.1) is 0 Å². The van der Waals surface area contributed by atoms with E-state index in [4.69, 9.17) is 17.0 Å². The minimum atomic E-state index is 0.419. The van der Waals surface area contributed by atoms with Crippen LogP contribution in [-0.4, -0.2) is 12.2 Å². The fraction of sp³-hybridized carbons (Fsp3) is 0.364. The zero-order valence-corrected chi connectivity index (χ0v) is 8.99. The molecule has 1 aromatic rings. The maximum atomic E-state index is 5.41. The van der Waals surface area contributed by atoms with Crippen LogP contribution in [0.1, 0.15) is 17.5 Å². The zero-order chi connectivity index (χ0) is 9.97. The molecule has 1 aromatic carbocycles. The third-order valence-corrected chi connectivity index (χ3v) is 2.77. The summed E-state index contributed by atoms with van der Waals surface area (Å²) in [5.41, 5.74) is 2.86. The molecule has 0 saturated carbocycles. The lowest BCUT2D eigenvalue weighted by molar-refractivity contribution is 0.541. The fourth-order valence-electron chi connectivity index (χ4n) is 1.77. The van der Waals surface area contributed by atoms with Gasteiger partial charge in [-0.25, -0.2) is 0 Å². The summed E-state index contributed by atoms with van der Waals surface area (Å²) in [7, 11) is 1.76. The average Bonchev–Trinajstić information content (AvgIpc) is 2.64. The number of hydrogen-bond acceptors (Lipinski definition) is 2. The Hall–Kier alpha value is -1.09. The average molecular weight is 207 g/mol. The van der Waals surface area contributed by atoms with Crippen molar-refractivity contribution >= 4 is 17.4 Å². The van der Waals surface area contributed by atoms with Gasteiger partial charge < -0.3 is 10.1 Å². The molecule has 0 radical (unpaired) electrons. The Bertz CT molecular complexity index is 362. The van der Waals surface area contributed by atoms with E-state index in [0.29, 0.717) is 5.17 Å². The Morgan fingerprint density at radius 2 is 2.14 bits per heavy atom. The van der Waals surface area contributed by atoms with Crippen molar-refractivity contribution in [1.29, 1.82) is 0 Å². The van der Waals surface area contributed by atoms with E-state index < -0.39 is 0 Å². The molecule has 1 N–H and O–H groups in total. The normalized spacial score (nSPS) is 13.5. The van der Waals surface area contributed by atoms with Crippen molar-refractivity contribution in [2.75, 3.05) is 7.05 Å². The summed E-state index contributed by atoms with van der Waals surface area (Å²) in [4.78, 5) is 0. The second-order valence-electron chi connectivity index (χ2n) is 3.42. The first-order valence-electron chi connectivity index (χ1n) is 4.81. The van der Waals surface area contributed by atoms with E-state index in [1.807, 2.05) is 6.07 Å². The smallest absolute Gasteiger partial charge is 0.261 e. The highest BCUT2D eigenvalue weighted by Crippen LogP contribution is 2.25. The zero-order valence-electron chi connectivity index (χ0n) is 8.17. The quantitative estimate of drug-likeness (QED) is 0.712. The first-order chi connectivity index (χ1) is 6.79. The minimum absolute atomic E-state index is 0.419. The molecule has 74 valence electrons. The fourth-order valence-corrected chi connectivity index (χ4v) is 1.87. The van der Waals surface area contributed by atoms with Crippen LogP contribution >= 0.6 is 12.2 Å². The van der Waals surface area contributed by atoms with Crippen LogP contribution in [0.5, 0.6) is 5.75 Å². The minimum Gasteiger partial charge on any atom is -0.432 e. The molecule has 0 saturated heterocycles. The van der Waals surface area contributed by atoms with Gasteiger partial charge in [0.15, 0.2) is 0 Å². The molecule has 1 aliphatic carbocycles. The van der Waals surface area contributed by atoms with E-state index in [2.05, 4.69) is 17.4 Å². The van der Waals surface area contributed by atoms with Crippen molar-refractivity contribution in [2.45, 2.75) is 19.3 Å². The molecular weight excluding hydrogens is 194 g/mol. The lowest BCUT2D eigenvalue weighted by atomic mass is 10.1. The van der Waals surface area contributed by atoms with Crippen LogP contribution in [0, 0.1) is 0 Å². The number of nitrogens with one attached hydrogen (secondary N) is 1. The van der Waals surface area contributed by atoms with Crippen molar-refractivity contribution < 1.29 is 4.74 Å². The number of fused-ring (bicyclic) bond motifs is 1. The summed E-state index contributed by atoms with van der Waals surface area (Å²) < 4.78 is 5.41. The molecule has 0 aromatic heterocycles. The second-order valence-corrected chi connectivity index (χ2v) is 3.79. The van der Waals surface area contributed by atoms with Gasteiger partial charge in [-0.3, -0.25) is 0 Å². The molecule has 1 aliphatic rings. The van der Waals surface area contributed by atoms with Gasteiger partial charge in [-0.15, -0.1) is 0 Å². The maximum absolute atomic E-state index is 5.41. The van der Waals surface area contributed by atoms with Crippen molar-refractivity contribution in [3.05, 3.63) is 29.3 Å². The molecule has 0 aliphatic heterocycles. The van der Waals surface area contributed by atoms with E-state index in [1.165, 1.54) is 30.4 Å². The first kappa shape index (κ1) is 9.46. The van der Waals surface area contributed by atoms with Gasteiger partial charge in [0.1, 0.15) is 5.75 Å². The summed E-state index contributed by atoms with van der Waals surface area (Å²) >= 11 is 4.93. The molecular formula is C11H13NOS. The second kappa shape index (κ2) is 3.96. The van der Waals surface area contributed by atoms with Crippen LogP contribution in [0.25, 0.3) is 0 Å². The molecule has 0 fully saturated rings. The van der Waals surface area contributed by atoms with Gasteiger partial charge in [0.2, 0.25) is 0 Å². The van der Waals surface area contributed by atoms with Crippen molar-refractivity contribution in [3.63, 3.8) is 0 Å². The number of benzene rings is 1. The Balaban J connectivity index is 2.16. The number of rotatable bonds is 1. The molecule has 2 rings (SSSR count). The summed E-state index contributed by atoms with van der Waals surface area (Å²) in [5.74, 6) is 0.838. The van der Waals surface area contributed by atoms with Gasteiger partial charge in [-0.2, -0.15) is 0 Å². The van der Waals surface area contributed by atoms with Gasteiger partial charge in [0.25, 0.3) is 5.17 Å². The summed E-state index contributed by atoms with van der Waals surface area (Å²) in [5, 5.41) is 3.21. The Morgan fingerprint density at radius 3 is 2.93 bits per heavy atom. The first-order valence-corrected chi connectivity index (χ1v) is 5.22. The number of ether oxygens (including phenoxy) is 1. The standard InChI is InChI=1S/C11H13NOS/c1-12-11(14)13-10-6-5-8-3-2-4-9(8)7-10/h5-7H,2-4H2,1H3,(H,12,14). The van der Waals surface area contributed by atoms with Crippen LogP contribution in [0.15, 0.2) is 18.2 Å². The monoisotopic (exact) mass is 207 g/mol. The highest BCUT2D eigenvalue weighted by atomic mass is 32.1. The van der Waals surface area contributed by atoms with Crippen molar-refractivity contribution in [2.24, 2.45) is 0 Å². The summed E-state index contributed by atoms with van der Waals surface area (Å²) in [6.45, 7) is 0. The number of thiocarbonyl (C=S) groups is 1. The molecule has 0 spiro atoms. The molecule has 2 nitrogen and oxygen atoms in total. The lowest BCUT2D eigenvalue weighted by Gasteiger charge is -2.07. The largest absolute Gasteiger partial charge is 0.432 e. The summed E-state index contributed by atoms with van der Waals surface area (Å²) in [6, 6.07) is 6.20. The highest BCUT2D eigenvalue weighted by molar-refractivity contribution is 7.80. The Labute approximate surface area is 89.3 Å².